The zero-order valence-electron chi connectivity index (χ0n) is 11.6. The van der Waals surface area contributed by atoms with Crippen LogP contribution in [0.5, 0.6) is 0 Å². The summed E-state index contributed by atoms with van der Waals surface area (Å²) in [6.07, 6.45) is 2.40. The van der Waals surface area contributed by atoms with Gasteiger partial charge in [0, 0.05) is 18.6 Å². The minimum atomic E-state index is -0.0149. The Morgan fingerprint density at radius 2 is 2.12 bits per heavy atom. The molecule has 0 radical (unpaired) electrons. The molecule has 0 bridgehead atoms. The summed E-state index contributed by atoms with van der Waals surface area (Å²) in [6.45, 7) is 11.2. The van der Waals surface area contributed by atoms with E-state index in [1.807, 2.05) is 20.8 Å². The molecule has 17 heavy (non-hydrogen) atoms. The van der Waals surface area contributed by atoms with Gasteiger partial charge in [0.1, 0.15) is 0 Å². The number of rotatable bonds is 5. The molecular weight excluding hydrogens is 214 g/mol. The molecule has 1 fully saturated rings. The van der Waals surface area contributed by atoms with Crippen LogP contribution in [0.15, 0.2) is 0 Å². The number of likely N-dealkylation sites (N-methyl/N-ethyl adjacent to an activating group) is 1. The van der Waals surface area contributed by atoms with E-state index in [4.69, 9.17) is 0 Å². The summed E-state index contributed by atoms with van der Waals surface area (Å²) in [5.74, 6) is 0.150. The maximum Gasteiger partial charge on any atom is 0.237 e. The summed E-state index contributed by atoms with van der Waals surface area (Å²) in [7, 11) is 0. The fourth-order valence-corrected chi connectivity index (χ4v) is 2.38. The van der Waals surface area contributed by atoms with E-state index in [9.17, 15) is 4.79 Å². The first kappa shape index (κ1) is 14.5. The molecular formula is C13H27N3O. The van der Waals surface area contributed by atoms with Crippen molar-refractivity contribution >= 4 is 5.91 Å². The molecule has 1 rings (SSSR count). The van der Waals surface area contributed by atoms with Crippen LogP contribution in [0.2, 0.25) is 0 Å². The van der Waals surface area contributed by atoms with Crippen LogP contribution in [0, 0.1) is 0 Å². The topological polar surface area (TPSA) is 44.4 Å². The summed E-state index contributed by atoms with van der Waals surface area (Å²) in [6, 6.07) is 0.751. The summed E-state index contributed by atoms with van der Waals surface area (Å²) in [5, 5.41) is 6.46. The number of amides is 1. The Labute approximate surface area is 105 Å². The largest absolute Gasteiger partial charge is 0.353 e. The first-order chi connectivity index (χ1) is 8.04. The van der Waals surface area contributed by atoms with E-state index in [0.29, 0.717) is 6.04 Å². The van der Waals surface area contributed by atoms with Crippen LogP contribution in [-0.2, 0) is 4.79 Å². The van der Waals surface area contributed by atoms with Crippen molar-refractivity contribution in [3.05, 3.63) is 0 Å². The molecule has 0 aromatic heterocycles. The molecule has 100 valence electrons. The number of hydrogen-bond acceptors (Lipinski definition) is 3. The van der Waals surface area contributed by atoms with Gasteiger partial charge >= 0.3 is 0 Å². The Morgan fingerprint density at radius 3 is 2.71 bits per heavy atom. The highest BCUT2D eigenvalue weighted by Gasteiger charge is 2.26. The highest BCUT2D eigenvalue weighted by atomic mass is 16.2. The highest BCUT2D eigenvalue weighted by molar-refractivity contribution is 5.81. The van der Waals surface area contributed by atoms with Crippen LogP contribution in [0.1, 0.15) is 40.5 Å². The minimum absolute atomic E-state index is 0.0149. The lowest BCUT2D eigenvalue weighted by Crippen LogP contribution is -2.53. The molecule has 1 aliphatic rings. The molecule has 1 amide bonds. The standard InChI is InChI=1S/C13H27N3O/c1-5-14-12-7-6-8-16(9-12)11(4)13(17)15-10(2)3/h10-12,14H,5-9H2,1-4H3,(H,15,17). The average Bonchev–Trinajstić information content (AvgIpc) is 2.28. The predicted molar refractivity (Wildman–Crippen MR) is 71.0 cm³/mol. The third kappa shape index (κ3) is 4.64. The van der Waals surface area contributed by atoms with Crippen molar-refractivity contribution in [2.24, 2.45) is 0 Å². The third-order valence-electron chi connectivity index (χ3n) is 3.30. The maximum atomic E-state index is 11.9. The van der Waals surface area contributed by atoms with E-state index >= 15 is 0 Å². The predicted octanol–water partition coefficient (Wildman–Crippen LogP) is 0.973. The van der Waals surface area contributed by atoms with Crippen LogP contribution in [0.3, 0.4) is 0 Å². The zero-order valence-corrected chi connectivity index (χ0v) is 11.6. The number of likely N-dealkylation sites (tertiary alicyclic amines) is 1. The van der Waals surface area contributed by atoms with Crippen molar-refractivity contribution < 1.29 is 4.79 Å². The van der Waals surface area contributed by atoms with Crippen LogP contribution in [-0.4, -0.2) is 48.6 Å². The van der Waals surface area contributed by atoms with Crippen molar-refractivity contribution in [1.82, 2.24) is 15.5 Å². The van der Waals surface area contributed by atoms with Crippen LogP contribution < -0.4 is 10.6 Å². The summed E-state index contributed by atoms with van der Waals surface area (Å²) >= 11 is 0. The van der Waals surface area contributed by atoms with Gasteiger partial charge in [0.2, 0.25) is 5.91 Å². The third-order valence-corrected chi connectivity index (χ3v) is 3.30. The van der Waals surface area contributed by atoms with Crippen molar-refractivity contribution in [3.8, 4) is 0 Å². The Bertz CT molecular complexity index is 241. The van der Waals surface area contributed by atoms with E-state index in [-0.39, 0.29) is 18.0 Å². The van der Waals surface area contributed by atoms with Gasteiger partial charge in [-0.2, -0.15) is 0 Å². The first-order valence-corrected chi connectivity index (χ1v) is 6.82. The van der Waals surface area contributed by atoms with Gasteiger partial charge in [0.25, 0.3) is 0 Å². The first-order valence-electron chi connectivity index (χ1n) is 6.82. The summed E-state index contributed by atoms with van der Waals surface area (Å²) in [5.41, 5.74) is 0. The molecule has 2 atom stereocenters. The van der Waals surface area contributed by atoms with Crippen molar-refractivity contribution in [2.45, 2.75) is 58.7 Å². The van der Waals surface area contributed by atoms with Crippen LogP contribution >= 0.6 is 0 Å². The van der Waals surface area contributed by atoms with Gasteiger partial charge in [-0.15, -0.1) is 0 Å². The van der Waals surface area contributed by atoms with E-state index in [1.54, 1.807) is 0 Å². The van der Waals surface area contributed by atoms with Gasteiger partial charge in [0.05, 0.1) is 6.04 Å². The van der Waals surface area contributed by atoms with Crippen LogP contribution in [0.25, 0.3) is 0 Å². The van der Waals surface area contributed by atoms with Gasteiger partial charge in [-0.3, -0.25) is 9.69 Å². The Hall–Kier alpha value is -0.610. The molecule has 2 unspecified atom stereocenters. The Morgan fingerprint density at radius 1 is 1.41 bits per heavy atom. The minimum Gasteiger partial charge on any atom is -0.353 e. The van der Waals surface area contributed by atoms with Gasteiger partial charge < -0.3 is 10.6 Å². The number of nitrogens with one attached hydrogen (secondary N) is 2. The van der Waals surface area contributed by atoms with Gasteiger partial charge in [-0.05, 0) is 46.7 Å². The molecule has 0 aromatic carbocycles. The van der Waals surface area contributed by atoms with Crippen LogP contribution in [0.4, 0.5) is 0 Å². The van der Waals surface area contributed by atoms with Crippen molar-refractivity contribution in [2.75, 3.05) is 19.6 Å². The molecule has 0 saturated carbocycles. The SMILES string of the molecule is CCNC1CCCN(C(C)C(=O)NC(C)C)C1. The fraction of sp³-hybridized carbons (Fsp3) is 0.923. The zero-order chi connectivity index (χ0) is 12.8. The van der Waals surface area contributed by atoms with Gasteiger partial charge in [-0.25, -0.2) is 0 Å². The summed E-state index contributed by atoms with van der Waals surface area (Å²) < 4.78 is 0. The maximum absolute atomic E-state index is 11.9. The molecule has 1 aliphatic heterocycles. The molecule has 1 saturated heterocycles. The Balaban J connectivity index is 2.45. The number of carbonyl (C=O) groups excluding carboxylic acids is 1. The molecule has 4 nitrogen and oxygen atoms in total. The van der Waals surface area contributed by atoms with E-state index in [0.717, 1.165) is 19.6 Å². The molecule has 2 N–H and O–H groups in total. The monoisotopic (exact) mass is 241 g/mol. The average molecular weight is 241 g/mol. The quantitative estimate of drug-likeness (QED) is 0.754. The lowest BCUT2D eigenvalue weighted by atomic mass is 10.0. The second-order valence-electron chi connectivity index (χ2n) is 5.23. The second kappa shape index (κ2) is 6.97. The smallest absolute Gasteiger partial charge is 0.237 e. The van der Waals surface area contributed by atoms with Crippen molar-refractivity contribution in [1.29, 1.82) is 0 Å². The van der Waals surface area contributed by atoms with E-state index in [2.05, 4.69) is 22.5 Å². The Kier molecular flexibility index (Phi) is 5.92. The van der Waals surface area contributed by atoms with Crippen molar-refractivity contribution in [3.63, 3.8) is 0 Å². The number of hydrogen-bond donors (Lipinski definition) is 2. The molecule has 0 aromatic rings. The molecule has 4 heteroatoms. The van der Waals surface area contributed by atoms with E-state index in [1.165, 1.54) is 12.8 Å². The van der Waals surface area contributed by atoms with Gasteiger partial charge in [0.15, 0.2) is 0 Å². The molecule has 1 heterocycles. The number of carbonyl (C=O) groups is 1. The fourth-order valence-electron chi connectivity index (χ4n) is 2.38. The molecule has 0 aliphatic carbocycles. The van der Waals surface area contributed by atoms with Gasteiger partial charge in [-0.1, -0.05) is 6.92 Å². The highest BCUT2D eigenvalue weighted by Crippen LogP contribution is 2.13. The lowest BCUT2D eigenvalue weighted by Gasteiger charge is -2.36. The number of piperidine rings is 1. The van der Waals surface area contributed by atoms with E-state index < -0.39 is 0 Å². The molecule has 0 spiro atoms. The lowest BCUT2D eigenvalue weighted by molar-refractivity contribution is -0.126. The second-order valence-corrected chi connectivity index (χ2v) is 5.23. The number of nitrogens with zero attached hydrogens (tertiary/aromatic N) is 1. The normalized spacial score (nSPS) is 23.7. The summed E-state index contributed by atoms with van der Waals surface area (Å²) in [4.78, 5) is 14.2.